The van der Waals surface area contributed by atoms with E-state index in [1.165, 1.54) is 6.92 Å². The minimum absolute atomic E-state index is 0.125. The van der Waals surface area contributed by atoms with Crippen LogP contribution >= 0.6 is 11.6 Å². The number of benzene rings is 1. The van der Waals surface area contributed by atoms with Crippen LogP contribution in [-0.2, 0) is 4.79 Å². The van der Waals surface area contributed by atoms with E-state index < -0.39 is 12.1 Å². The van der Waals surface area contributed by atoms with Gasteiger partial charge in [-0.15, -0.1) is 0 Å². The van der Waals surface area contributed by atoms with Gasteiger partial charge in [-0.25, -0.2) is 4.79 Å². The number of rotatable bonds is 4. The number of hydrogen-bond acceptors (Lipinski definition) is 4. The number of hydrogen-bond donors (Lipinski definition) is 3. The monoisotopic (exact) mass is 276 g/mol. The van der Waals surface area contributed by atoms with E-state index in [-0.39, 0.29) is 13.2 Å². The zero-order chi connectivity index (χ0) is 14.1. The molecule has 1 rings (SSSR count). The summed E-state index contributed by atoms with van der Waals surface area (Å²) in [6.45, 7) is 3.05. The Balaban J connectivity index is 0.000000631. The summed E-state index contributed by atoms with van der Waals surface area (Å²) in [5.74, 6) is -0.441. The summed E-state index contributed by atoms with van der Waals surface area (Å²) in [7, 11) is 0. The van der Waals surface area contributed by atoms with E-state index in [4.69, 9.17) is 31.7 Å². The third-order valence-electron chi connectivity index (χ3n) is 1.89. The molecule has 0 fully saturated rings. The van der Waals surface area contributed by atoms with E-state index >= 15 is 0 Å². The third kappa shape index (κ3) is 6.44. The molecule has 0 aliphatic rings. The van der Waals surface area contributed by atoms with Gasteiger partial charge in [-0.2, -0.15) is 0 Å². The molecule has 0 aliphatic carbocycles. The predicted molar refractivity (Wildman–Crippen MR) is 68.1 cm³/mol. The molecule has 0 aliphatic heterocycles. The maximum Gasteiger partial charge on any atom is 0.344 e. The van der Waals surface area contributed by atoms with Gasteiger partial charge in [0, 0.05) is 5.02 Å². The first-order valence-electron chi connectivity index (χ1n) is 5.29. The number of aliphatic hydroxyl groups is 2. The molecule has 0 radical (unpaired) electrons. The molecular weight excluding hydrogens is 260 g/mol. The molecule has 102 valence electrons. The first kappa shape index (κ1) is 16.7. The van der Waals surface area contributed by atoms with Crippen LogP contribution in [0.2, 0.25) is 5.02 Å². The molecule has 3 N–H and O–H groups in total. The molecule has 5 nitrogen and oxygen atoms in total. The first-order chi connectivity index (χ1) is 8.42. The van der Waals surface area contributed by atoms with Gasteiger partial charge in [-0.3, -0.25) is 0 Å². The highest BCUT2D eigenvalue weighted by molar-refractivity contribution is 6.30. The summed E-state index contributed by atoms with van der Waals surface area (Å²) >= 11 is 5.74. The van der Waals surface area contributed by atoms with Crippen molar-refractivity contribution in [2.45, 2.75) is 20.0 Å². The molecule has 0 saturated carbocycles. The highest BCUT2D eigenvalue weighted by Gasteiger charge is 2.13. The van der Waals surface area contributed by atoms with Gasteiger partial charge < -0.3 is 20.1 Å². The van der Waals surface area contributed by atoms with Crippen LogP contribution in [0.4, 0.5) is 0 Å². The lowest BCUT2D eigenvalue weighted by atomic mass is 10.2. The Morgan fingerprint density at radius 1 is 1.39 bits per heavy atom. The van der Waals surface area contributed by atoms with Crippen molar-refractivity contribution in [3.8, 4) is 5.75 Å². The summed E-state index contributed by atoms with van der Waals surface area (Å²) in [6.07, 6.45) is -0.852. The quantitative estimate of drug-likeness (QED) is 0.775. The average Bonchev–Trinajstić information content (AvgIpc) is 2.32. The smallest absolute Gasteiger partial charge is 0.344 e. The number of ether oxygens (including phenoxy) is 1. The van der Waals surface area contributed by atoms with E-state index in [9.17, 15) is 4.79 Å². The Morgan fingerprint density at radius 2 is 1.94 bits per heavy atom. The molecule has 0 heterocycles. The largest absolute Gasteiger partial charge is 0.479 e. The second kappa shape index (κ2) is 8.74. The van der Waals surface area contributed by atoms with Gasteiger partial charge in [0.15, 0.2) is 6.10 Å². The molecule has 0 amide bonds. The zero-order valence-electron chi connectivity index (χ0n) is 10.3. The van der Waals surface area contributed by atoms with Crippen molar-refractivity contribution < 1.29 is 24.9 Å². The molecule has 0 bridgehead atoms. The molecular formula is C12H17ClO5. The Morgan fingerprint density at radius 3 is 2.33 bits per heavy atom. The van der Waals surface area contributed by atoms with Crippen LogP contribution in [0.5, 0.6) is 5.75 Å². The van der Waals surface area contributed by atoms with E-state index in [1.54, 1.807) is 18.2 Å². The minimum atomic E-state index is -0.987. The topological polar surface area (TPSA) is 87.0 Å². The van der Waals surface area contributed by atoms with Crippen molar-refractivity contribution in [1.29, 1.82) is 0 Å². The van der Waals surface area contributed by atoms with E-state index in [0.717, 1.165) is 5.56 Å². The summed E-state index contributed by atoms with van der Waals surface area (Å²) in [6, 6.07) is 5.06. The van der Waals surface area contributed by atoms with Crippen molar-refractivity contribution in [3.63, 3.8) is 0 Å². The lowest BCUT2D eigenvalue weighted by Crippen LogP contribution is -2.23. The van der Waals surface area contributed by atoms with Gasteiger partial charge in [0.1, 0.15) is 5.75 Å². The predicted octanol–water partition coefficient (Wildman–Crippen LogP) is 1.47. The number of aryl methyl sites for hydroxylation is 1. The number of carbonyl (C=O) groups is 1. The van der Waals surface area contributed by atoms with Crippen LogP contribution in [0, 0.1) is 6.92 Å². The molecule has 6 heteroatoms. The number of aliphatic carboxylic acids is 1. The van der Waals surface area contributed by atoms with Gasteiger partial charge in [0.05, 0.1) is 13.2 Å². The Bertz CT molecular complexity index is 379. The summed E-state index contributed by atoms with van der Waals surface area (Å²) in [4.78, 5) is 10.5. The number of halogens is 1. The van der Waals surface area contributed by atoms with Crippen LogP contribution in [0.3, 0.4) is 0 Å². The van der Waals surface area contributed by atoms with E-state index in [2.05, 4.69) is 0 Å². The molecule has 1 atom stereocenters. The Kier molecular flexibility index (Phi) is 8.11. The van der Waals surface area contributed by atoms with Crippen molar-refractivity contribution in [2.75, 3.05) is 13.2 Å². The number of carboxylic acids is 1. The lowest BCUT2D eigenvalue weighted by molar-refractivity contribution is -0.144. The zero-order valence-corrected chi connectivity index (χ0v) is 11.0. The van der Waals surface area contributed by atoms with Gasteiger partial charge >= 0.3 is 5.97 Å². The van der Waals surface area contributed by atoms with Gasteiger partial charge in [-0.05, 0) is 37.6 Å². The summed E-state index contributed by atoms with van der Waals surface area (Å²) in [5, 5.41) is 24.5. The molecule has 18 heavy (non-hydrogen) atoms. The van der Waals surface area contributed by atoms with Crippen LogP contribution in [0.15, 0.2) is 18.2 Å². The molecule has 1 aromatic carbocycles. The van der Waals surface area contributed by atoms with Gasteiger partial charge in [0.25, 0.3) is 0 Å². The van der Waals surface area contributed by atoms with E-state index in [0.29, 0.717) is 10.8 Å². The highest BCUT2D eigenvalue weighted by Crippen LogP contribution is 2.22. The lowest BCUT2D eigenvalue weighted by Gasteiger charge is -2.12. The van der Waals surface area contributed by atoms with Gasteiger partial charge in [0.2, 0.25) is 0 Å². The van der Waals surface area contributed by atoms with E-state index in [1.807, 2.05) is 6.92 Å². The Hall–Kier alpha value is -1.30. The first-order valence-corrected chi connectivity index (χ1v) is 5.67. The second-order valence-corrected chi connectivity index (χ2v) is 3.89. The summed E-state index contributed by atoms with van der Waals surface area (Å²) in [5.41, 5.74) is 0.825. The van der Waals surface area contributed by atoms with Crippen molar-refractivity contribution >= 4 is 17.6 Å². The molecule has 1 unspecified atom stereocenters. The highest BCUT2D eigenvalue weighted by atomic mass is 35.5. The Labute approximate surface area is 111 Å². The number of aliphatic hydroxyl groups excluding tert-OH is 2. The number of carboxylic acid groups (broad SMARTS) is 1. The van der Waals surface area contributed by atoms with Crippen molar-refractivity contribution in [1.82, 2.24) is 0 Å². The molecule has 0 spiro atoms. The maximum absolute atomic E-state index is 10.5. The molecule has 0 aromatic heterocycles. The van der Waals surface area contributed by atoms with Crippen molar-refractivity contribution in [3.05, 3.63) is 28.8 Å². The standard InChI is InChI=1S/C10H11ClO3.C2H6O2/c1-6-5-8(11)3-4-9(6)14-7(2)10(12)13;3-1-2-4/h3-5,7H,1-2H3,(H,12,13);3-4H,1-2H2. The third-order valence-corrected chi connectivity index (χ3v) is 2.12. The normalized spacial score (nSPS) is 11.2. The van der Waals surface area contributed by atoms with Crippen molar-refractivity contribution in [2.24, 2.45) is 0 Å². The fourth-order valence-electron chi connectivity index (χ4n) is 0.986. The molecule has 1 aromatic rings. The summed E-state index contributed by atoms with van der Waals surface area (Å²) < 4.78 is 5.20. The van der Waals surface area contributed by atoms with Crippen LogP contribution in [-0.4, -0.2) is 40.6 Å². The minimum Gasteiger partial charge on any atom is -0.479 e. The average molecular weight is 277 g/mol. The maximum atomic E-state index is 10.5. The fraction of sp³-hybridized carbons (Fsp3) is 0.417. The SMILES string of the molecule is Cc1cc(Cl)ccc1OC(C)C(=O)O.OCCO. The van der Waals surface area contributed by atoms with Crippen LogP contribution in [0.25, 0.3) is 0 Å². The fourth-order valence-corrected chi connectivity index (χ4v) is 1.21. The van der Waals surface area contributed by atoms with Crippen LogP contribution < -0.4 is 4.74 Å². The van der Waals surface area contributed by atoms with Gasteiger partial charge in [-0.1, -0.05) is 11.6 Å². The second-order valence-electron chi connectivity index (χ2n) is 3.46. The van der Waals surface area contributed by atoms with Crippen LogP contribution in [0.1, 0.15) is 12.5 Å². The molecule has 0 saturated heterocycles.